The molecule has 4 aromatic rings. The van der Waals surface area contributed by atoms with E-state index in [2.05, 4.69) is 10.4 Å². The van der Waals surface area contributed by atoms with Crippen LogP contribution < -0.4 is 11.0 Å². The third-order valence-corrected chi connectivity index (χ3v) is 6.20. The summed E-state index contributed by atoms with van der Waals surface area (Å²) in [6, 6.07) is 25.6. The molecule has 0 radical (unpaired) electrons. The zero-order chi connectivity index (χ0) is 25.5. The third-order valence-electron chi connectivity index (χ3n) is 6.20. The zero-order valence-corrected chi connectivity index (χ0v) is 19.2. The maximum Gasteiger partial charge on any atom is 0.305 e. The van der Waals surface area contributed by atoms with Crippen LogP contribution in [0.25, 0.3) is 11.3 Å². The normalized spacial score (nSPS) is 15.7. The van der Waals surface area contributed by atoms with Crippen LogP contribution in [0.15, 0.2) is 113 Å². The third kappa shape index (κ3) is 3.76. The number of aliphatic hydroxyl groups is 1. The van der Waals surface area contributed by atoms with E-state index in [0.717, 1.165) is 5.56 Å². The second kappa shape index (κ2) is 8.68. The molecule has 0 spiro atoms. The van der Waals surface area contributed by atoms with Crippen LogP contribution in [0.2, 0.25) is 0 Å². The van der Waals surface area contributed by atoms with Crippen molar-refractivity contribution in [3.05, 3.63) is 135 Å². The number of hydrogen-bond acceptors (Lipinski definition) is 8. The topological polar surface area (TPSA) is 122 Å². The summed E-state index contributed by atoms with van der Waals surface area (Å²) in [6.45, 7) is 0. The molecule has 0 bridgehead atoms. The summed E-state index contributed by atoms with van der Waals surface area (Å²) in [6.07, 6.45) is 1.18. The lowest BCUT2D eigenvalue weighted by atomic mass is 9.95. The molecule has 3 heterocycles. The first-order valence-corrected chi connectivity index (χ1v) is 11.4. The maximum absolute atomic E-state index is 14.2. The molecule has 2 aliphatic heterocycles. The number of amidine groups is 1. The largest absolute Gasteiger partial charge is 0.492 e. The molecule has 37 heavy (non-hydrogen) atoms. The highest BCUT2D eigenvalue weighted by Crippen LogP contribution is 2.42. The Morgan fingerprint density at radius 1 is 0.973 bits per heavy atom. The Kier molecular flexibility index (Phi) is 5.19. The molecule has 0 saturated carbocycles. The average Bonchev–Trinajstić information content (AvgIpc) is 3.30. The van der Waals surface area contributed by atoms with Crippen molar-refractivity contribution in [1.82, 2.24) is 9.58 Å². The number of hydrogen-bond donors (Lipinski definition) is 2. The van der Waals surface area contributed by atoms with Gasteiger partial charge in [0.15, 0.2) is 6.26 Å². The van der Waals surface area contributed by atoms with Crippen molar-refractivity contribution in [3.63, 3.8) is 0 Å². The highest BCUT2D eigenvalue weighted by atomic mass is 16.6. The molecule has 10 heteroatoms. The Morgan fingerprint density at radius 3 is 2.32 bits per heavy atom. The Bertz CT molecular complexity index is 1630. The van der Waals surface area contributed by atoms with Crippen molar-refractivity contribution in [3.8, 4) is 11.3 Å². The van der Waals surface area contributed by atoms with E-state index >= 15 is 0 Å². The highest BCUT2D eigenvalue weighted by Gasteiger charge is 2.41. The molecule has 0 saturated heterocycles. The first-order chi connectivity index (χ1) is 18.0. The summed E-state index contributed by atoms with van der Waals surface area (Å²) in [5, 5.41) is 21.8. The molecular weight excluding hydrogens is 474 g/mol. The van der Waals surface area contributed by atoms with Crippen LogP contribution in [0.3, 0.4) is 0 Å². The van der Waals surface area contributed by atoms with E-state index in [4.69, 9.17) is 4.74 Å². The SMILES string of the molecule is O=c1c2c(cc(-c3ccc([N+](=O)[O-])cc3)n1Nc1ccccc1)N=C1OC=C(O)N1C2c1ccccc1. The Morgan fingerprint density at radius 2 is 1.65 bits per heavy atom. The van der Waals surface area contributed by atoms with Gasteiger partial charge in [0.2, 0.25) is 5.88 Å². The molecule has 0 fully saturated rings. The monoisotopic (exact) mass is 493 g/mol. The molecule has 2 N–H and O–H groups in total. The van der Waals surface area contributed by atoms with Gasteiger partial charge in [0.05, 0.1) is 33.6 Å². The predicted octanol–water partition coefficient (Wildman–Crippen LogP) is 5.08. The molecule has 182 valence electrons. The van der Waals surface area contributed by atoms with Crippen molar-refractivity contribution >= 4 is 23.1 Å². The summed E-state index contributed by atoms with van der Waals surface area (Å²) < 4.78 is 6.89. The van der Waals surface area contributed by atoms with Crippen LogP contribution in [0.4, 0.5) is 17.1 Å². The molecular formula is C27H19N5O5. The first kappa shape index (κ1) is 22.1. The number of para-hydroxylation sites is 1. The van der Waals surface area contributed by atoms with Gasteiger partial charge in [0.1, 0.15) is 0 Å². The van der Waals surface area contributed by atoms with Gasteiger partial charge in [-0.15, -0.1) is 0 Å². The van der Waals surface area contributed by atoms with E-state index in [1.807, 2.05) is 60.7 Å². The second-order valence-corrected chi connectivity index (χ2v) is 8.42. The van der Waals surface area contributed by atoms with Gasteiger partial charge in [0, 0.05) is 17.7 Å². The number of aliphatic imine (C=N–C) groups is 1. The van der Waals surface area contributed by atoms with Crippen molar-refractivity contribution in [2.45, 2.75) is 6.04 Å². The molecule has 1 aromatic heterocycles. The summed E-state index contributed by atoms with van der Waals surface area (Å²) in [5.41, 5.74) is 5.84. The van der Waals surface area contributed by atoms with Crippen LogP contribution in [-0.2, 0) is 4.74 Å². The van der Waals surface area contributed by atoms with E-state index in [-0.39, 0.29) is 17.6 Å². The van der Waals surface area contributed by atoms with Crippen LogP contribution in [-0.4, -0.2) is 25.6 Å². The van der Waals surface area contributed by atoms with Gasteiger partial charge in [-0.1, -0.05) is 48.5 Å². The minimum atomic E-state index is -0.704. The number of nitro benzene ring substituents is 1. The second-order valence-electron chi connectivity index (χ2n) is 8.42. The molecule has 3 aromatic carbocycles. The van der Waals surface area contributed by atoms with Gasteiger partial charge in [-0.25, -0.2) is 4.68 Å². The lowest BCUT2D eigenvalue weighted by molar-refractivity contribution is -0.384. The average molecular weight is 493 g/mol. The molecule has 2 aliphatic rings. The van der Waals surface area contributed by atoms with E-state index in [1.165, 1.54) is 28.0 Å². The van der Waals surface area contributed by atoms with Gasteiger partial charge in [0.25, 0.3) is 11.2 Å². The quantitative estimate of drug-likeness (QED) is 0.294. The summed E-state index contributed by atoms with van der Waals surface area (Å²) >= 11 is 0. The highest BCUT2D eigenvalue weighted by molar-refractivity contribution is 5.86. The minimum Gasteiger partial charge on any atom is -0.492 e. The fourth-order valence-electron chi connectivity index (χ4n) is 4.50. The molecule has 10 nitrogen and oxygen atoms in total. The standard InChI is InChI=1S/C27H19N5O5/c33-23-16-37-27-28-21-15-22(17-11-13-20(14-12-17)32(35)36)31(29-19-9-5-2-6-10-19)26(34)24(21)25(30(23)27)18-7-3-1-4-8-18/h1-16,25,29,33H. The lowest BCUT2D eigenvalue weighted by Crippen LogP contribution is -2.40. The number of nitrogens with zero attached hydrogens (tertiary/aromatic N) is 4. The van der Waals surface area contributed by atoms with Crippen molar-refractivity contribution < 1.29 is 14.8 Å². The van der Waals surface area contributed by atoms with Crippen molar-refractivity contribution in [2.75, 3.05) is 5.43 Å². The van der Waals surface area contributed by atoms with Gasteiger partial charge < -0.3 is 9.84 Å². The maximum atomic E-state index is 14.2. The predicted molar refractivity (Wildman–Crippen MR) is 137 cm³/mol. The van der Waals surface area contributed by atoms with Gasteiger partial charge >= 0.3 is 6.02 Å². The number of nitro groups is 1. The van der Waals surface area contributed by atoms with Gasteiger partial charge in [-0.2, -0.15) is 4.99 Å². The summed E-state index contributed by atoms with van der Waals surface area (Å²) in [5.74, 6) is -0.167. The van der Waals surface area contributed by atoms with E-state index in [0.29, 0.717) is 28.2 Å². The number of fused-ring (bicyclic) bond motifs is 2. The summed E-state index contributed by atoms with van der Waals surface area (Å²) in [4.78, 5) is 30.9. The number of benzene rings is 3. The number of rotatable bonds is 5. The Balaban J connectivity index is 1.61. The molecule has 1 atom stereocenters. The number of aromatic nitrogens is 1. The fourth-order valence-corrected chi connectivity index (χ4v) is 4.50. The Labute approximate surface area is 210 Å². The fraction of sp³-hybridized carbons (Fsp3) is 0.0370. The molecule has 0 amide bonds. The van der Waals surface area contributed by atoms with Gasteiger partial charge in [-0.3, -0.25) is 25.2 Å². The number of anilines is 1. The van der Waals surface area contributed by atoms with Crippen molar-refractivity contribution in [1.29, 1.82) is 0 Å². The Hall–Kier alpha value is -5.38. The number of pyridine rings is 1. The molecule has 6 rings (SSSR count). The van der Waals surface area contributed by atoms with E-state index in [9.17, 15) is 20.0 Å². The number of non-ortho nitro benzene ring substituents is 1. The van der Waals surface area contributed by atoms with Crippen LogP contribution in [0.1, 0.15) is 17.2 Å². The summed E-state index contributed by atoms with van der Waals surface area (Å²) in [7, 11) is 0. The number of ether oxygens (including phenoxy) is 1. The van der Waals surface area contributed by atoms with Crippen LogP contribution in [0.5, 0.6) is 0 Å². The number of nitrogens with one attached hydrogen (secondary N) is 1. The molecule has 0 aliphatic carbocycles. The smallest absolute Gasteiger partial charge is 0.305 e. The van der Waals surface area contributed by atoms with Crippen molar-refractivity contribution in [2.24, 2.45) is 4.99 Å². The lowest BCUT2D eigenvalue weighted by Gasteiger charge is -2.33. The zero-order valence-electron chi connectivity index (χ0n) is 19.2. The van der Waals surface area contributed by atoms with E-state index < -0.39 is 16.5 Å². The van der Waals surface area contributed by atoms with Gasteiger partial charge in [-0.05, 0) is 35.9 Å². The van der Waals surface area contributed by atoms with Crippen LogP contribution >= 0.6 is 0 Å². The number of aliphatic hydroxyl groups excluding tert-OH is 1. The van der Waals surface area contributed by atoms with Crippen LogP contribution in [0, 0.1) is 10.1 Å². The molecule has 1 unspecified atom stereocenters. The minimum absolute atomic E-state index is 0.0624. The first-order valence-electron chi connectivity index (χ1n) is 11.4. The van der Waals surface area contributed by atoms with E-state index in [1.54, 1.807) is 18.2 Å².